The Balaban J connectivity index is 2.36. The molecular weight excluding hydrogens is 268 g/mol. The summed E-state index contributed by atoms with van der Waals surface area (Å²) in [5, 5.41) is 15.0. The van der Waals surface area contributed by atoms with Gasteiger partial charge < -0.3 is 0 Å². The van der Waals surface area contributed by atoms with Gasteiger partial charge in [-0.3, -0.25) is 25.1 Å². The minimum absolute atomic E-state index is 0.0320. The zero-order valence-corrected chi connectivity index (χ0v) is 10.0. The maximum atomic E-state index is 11.4. The summed E-state index contributed by atoms with van der Waals surface area (Å²) in [6.07, 6.45) is 0.132. The number of carbonyl (C=O) groups is 2. The summed E-state index contributed by atoms with van der Waals surface area (Å²) >= 11 is 0. The summed E-state index contributed by atoms with van der Waals surface area (Å²) in [7, 11) is 0. The van der Waals surface area contributed by atoms with Crippen LogP contribution < -0.4 is 5.43 Å². The molecule has 2 amide bonds. The molecule has 1 N–H and O–H groups in total. The Morgan fingerprint density at radius 2 is 2.00 bits per heavy atom. The topological polar surface area (TPSA) is 141 Å². The number of imide groups is 1. The molecule has 102 valence electrons. The zero-order chi connectivity index (χ0) is 14.7. The van der Waals surface area contributed by atoms with Crippen molar-refractivity contribution in [2.45, 2.75) is 12.8 Å². The number of nitro groups is 1. The van der Waals surface area contributed by atoms with Crippen molar-refractivity contribution in [2.75, 3.05) is 5.43 Å². The van der Waals surface area contributed by atoms with Crippen molar-refractivity contribution in [3.05, 3.63) is 38.8 Å². The lowest BCUT2D eigenvalue weighted by Gasteiger charge is -2.16. The fraction of sp³-hybridized carbons (Fsp3) is 0.200. The molecule has 1 aromatic carbocycles. The molecule has 0 spiro atoms. The number of nitrogens with one attached hydrogen (secondary N) is 1. The molecule has 1 fully saturated rings. The highest BCUT2D eigenvalue weighted by molar-refractivity contribution is 6.03. The van der Waals surface area contributed by atoms with Gasteiger partial charge in [-0.05, 0) is 11.6 Å². The first-order chi connectivity index (χ1) is 9.52. The van der Waals surface area contributed by atoms with Crippen LogP contribution in [0.3, 0.4) is 0 Å². The monoisotopic (exact) mass is 276 g/mol. The van der Waals surface area contributed by atoms with Crippen molar-refractivity contribution in [1.29, 1.82) is 0 Å². The summed E-state index contributed by atoms with van der Waals surface area (Å²) in [5.41, 5.74) is 10.3. The molecule has 10 nitrogen and oxygen atoms in total. The molecule has 1 saturated heterocycles. The first-order valence-electron chi connectivity index (χ1n) is 5.49. The van der Waals surface area contributed by atoms with E-state index in [0.29, 0.717) is 0 Å². The van der Waals surface area contributed by atoms with Crippen molar-refractivity contribution in [3.63, 3.8) is 0 Å². The molecule has 0 aliphatic carbocycles. The summed E-state index contributed by atoms with van der Waals surface area (Å²) in [5.74, 6) is -0.910. The van der Waals surface area contributed by atoms with Crippen LogP contribution in [0.15, 0.2) is 23.3 Å². The number of hydrogen-bond acceptors (Lipinski definition) is 6. The van der Waals surface area contributed by atoms with Crippen LogP contribution in [0.4, 0.5) is 17.1 Å². The van der Waals surface area contributed by atoms with E-state index in [0.717, 1.165) is 11.1 Å². The van der Waals surface area contributed by atoms with Gasteiger partial charge in [0.2, 0.25) is 11.8 Å². The van der Waals surface area contributed by atoms with E-state index in [1.54, 1.807) is 0 Å². The number of hydrazine groups is 1. The van der Waals surface area contributed by atoms with Gasteiger partial charge in [-0.15, -0.1) is 0 Å². The van der Waals surface area contributed by atoms with E-state index in [2.05, 4.69) is 15.5 Å². The Labute approximate surface area is 111 Å². The molecule has 1 aromatic rings. The fourth-order valence-corrected chi connectivity index (χ4v) is 1.70. The number of carbonyl (C=O) groups excluding carboxylic acids is 2. The van der Waals surface area contributed by atoms with Gasteiger partial charge in [-0.1, -0.05) is 11.2 Å². The molecule has 0 atom stereocenters. The summed E-state index contributed by atoms with van der Waals surface area (Å²) < 4.78 is 0. The van der Waals surface area contributed by atoms with E-state index < -0.39 is 22.4 Å². The van der Waals surface area contributed by atoms with E-state index in [1.165, 1.54) is 12.1 Å². The second-order valence-corrected chi connectivity index (χ2v) is 3.88. The highest BCUT2D eigenvalue weighted by Gasteiger charge is 2.30. The van der Waals surface area contributed by atoms with Crippen LogP contribution in [0.1, 0.15) is 12.8 Å². The predicted molar refractivity (Wildman–Crippen MR) is 66.6 cm³/mol. The molecule has 0 aromatic heterocycles. The smallest absolute Gasteiger partial charge is 0.282 e. The summed E-state index contributed by atoms with van der Waals surface area (Å²) in [6, 6.07) is 3.65. The third kappa shape index (κ3) is 2.49. The van der Waals surface area contributed by atoms with Crippen LogP contribution in [0.25, 0.3) is 10.4 Å². The Bertz CT molecular complexity index is 635. The van der Waals surface area contributed by atoms with Crippen LogP contribution >= 0.6 is 0 Å². The van der Waals surface area contributed by atoms with Crippen molar-refractivity contribution in [1.82, 2.24) is 5.01 Å². The molecule has 20 heavy (non-hydrogen) atoms. The number of anilines is 1. The molecule has 0 radical (unpaired) electrons. The second kappa shape index (κ2) is 5.24. The van der Waals surface area contributed by atoms with Crippen LogP contribution in [0.5, 0.6) is 0 Å². The zero-order valence-electron chi connectivity index (χ0n) is 10.0. The second-order valence-electron chi connectivity index (χ2n) is 3.88. The lowest BCUT2D eigenvalue weighted by molar-refractivity contribution is -0.384. The molecule has 10 heteroatoms. The van der Waals surface area contributed by atoms with E-state index in [1.807, 2.05) is 0 Å². The molecule has 0 unspecified atom stereocenters. The molecule has 1 aliphatic heterocycles. The number of nitrogens with zero attached hydrogens (tertiary/aromatic N) is 5. The summed E-state index contributed by atoms with van der Waals surface area (Å²) in [6.45, 7) is 0. The Hall–Kier alpha value is -3.13. The average Bonchev–Trinajstić information content (AvgIpc) is 2.72. The Kier molecular flexibility index (Phi) is 3.49. The fourth-order valence-electron chi connectivity index (χ4n) is 1.70. The van der Waals surface area contributed by atoms with Gasteiger partial charge in [-0.25, -0.2) is 0 Å². The quantitative estimate of drug-likeness (QED) is 0.223. The van der Waals surface area contributed by atoms with Gasteiger partial charge in [0.15, 0.2) is 0 Å². The lowest BCUT2D eigenvalue weighted by atomic mass is 10.2. The number of nitro benzene ring substituents is 1. The minimum atomic E-state index is -0.705. The van der Waals surface area contributed by atoms with Gasteiger partial charge in [0.25, 0.3) is 5.69 Å². The largest absolute Gasteiger partial charge is 0.294 e. The number of benzene rings is 1. The van der Waals surface area contributed by atoms with Crippen molar-refractivity contribution in [2.24, 2.45) is 5.11 Å². The van der Waals surface area contributed by atoms with E-state index in [4.69, 9.17) is 5.53 Å². The molecule has 0 bridgehead atoms. The van der Waals surface area contributed by atoms with Crippen LogP contribution in [-0.2, 0) is 9.59 Å². The Morgan fingerprint density at radius 3 is 2.55 bits per heavy atom. The highest BCUT2D eigenvalue weighted by atomic mass is 16.6. The van der Waals surface area contributed by atoms with E-state index in [9.17, 15) is 19.7 Å². The molecule has 1 heterocycles. The van der Waals surface area contributed by atoms with Crippen molar-refractivity contribution >= 4 is 28.9 Å². The first kappa shape index (κ1) is 13.3. The first-order valence-corrected chi connectivity index (χ1v) is 5.49. The van der Waals surface area contributed by atoms with Gasteiger partial charge in [-0.2, -0.15) is 5.01 Å². The average molecular weight is 276 g/mol. The number of rotatable bonds is 4. The Morgan fingerprint density at radius 1 is 1.35 bits per heavy atom. The maximum Gasteiger partial charge on any atom is 0.294 e. The minimum Gasteiger partial charge on any atom is -0.282 e. The standard InChI is InChI=1S/C10H8N6O4/c11-14-12-6-1-2-7(8(5-6)16(19)20)13-15-9(17)3-4-10(15)18/h1-2,5,13H,3-4H2. The van der Waals surface area contributed by atoms with Gasteiger partial charge in [0, 0.05) is 29.5 Å². The van der Waals surface area contributed by atoms with Gasteiger partial charge >= 0.3 is 0 Å². The van der Waals surface area contributed by atoms with Crippen LogP contribution in [-0.4, -0.2) is 21.7 Å². The van der Waals surface area contributed by atoms with Crippen LogP contribution in [0.2, 0.25) is 0 Å². The third-order valence-electron chi connectivity index (χ3n) is 2.62. The van der Waals surface area contributed by atoms with Gasteiger partial charge in [0.05, 0.1) is 4.92 Å². The van der Waals surface area contributed by atoms with Crippen LogP contribution in [0, 0.1) is 10.1 Å². The molecule has 2 rings (SSSR count). The van der Waals surface area contributed by atoms with E-state index in [-0.39, 0.29) is 24.2 Å². The number of azide groups is 1. The highest BCUT2D eigenvalue weighted by Crippen LogP contribution is 2.30. The SMILES string of the molecule is [N-]=[N+]=Nc1ccc(NN2C(=O)CCC2=O)c([N+](=O)[O-])c1. The molecule has 1 aliphatic rings. The lowest BCUT2D eigenvalue weighted by Crippen LogP contribution is -2.34. The molecule has 0 saturated carbocycles. The molecular formula is C10H8N6O4. The van der Waals surface area contributed by atoms with Crippen molar-refractivity contribution in [3.8, 4) is 0 Å². The number of amides is 2. The van der Waals surface area contributed by atoms with E-state index >= 15 is 0 Å². The third-order valence-corrected chi connectivity index (χ3v) is 2.62. The van der Waals surface area contributed by atoms with Gasteiger partial charge in [0.1, 0.15) is 5.69 Å². The normalized spacial score (nSPS) is 14.1. The summed E-state index contributed by atoms with van der Waals surface area (Å²) in [4.78, 5) is 35.7. The maximum absolute atomic E-state index is 11.4. The number of hydrogen-bond donors (Lipinski definition) is 1. The predicted octanol–water partition coefficient (Wildman–Crippen LogP) is 2.01. The van der Waals surface area contributed by atoms with Crippen molar-refractivity contribution < 1.29 is 14.5 Å².